The van der Waals surface area contributed by atoms with Crippen molar-refractivity contribution in [2.24, 2.45) is 0 Å². The molecule has 1 aromatic heterocycles. The molecule has 2 rings (SSSR count). The van der Waals surface area contributed by atoms with Gasteiger partial charge in [0.15, 0.2) is 11.5 Å². The average Bonchev–Trinajstić information content (AvgIpc) is 2.27. The molecule has 2 aromatic rings. The summed E-state index contributed by atoms with van der Waals surface area (Å²) in [5.41, 5.74) is -0.572. The smallest absolute Gasteiger partial charge is 0.260 e. The summed E-state index contributed by atoms with van der Waals surface area (Å²) in [5, 5.41) is 28.3. The number of phenolic OH excluding ortho intramolecular Hbond substituents is 3. The molecular weight excluding hydrogens is 226 g/mol. The van der Waals surface area contributed by atoms with Crippen molar-refractivity contribution in [3.8, 4) is 17.2 Å². The minimum absolute atomic E-state index is 0.00315. The number of rotatable bonds is 1. The highest BCUT2D eigenvalue weighted by Gasteiger charge is 2.16. The van der Waals surface area contributed by atoms with Gasteiger partial charge >= 0.3 is 0 Å². The number of H-pyrrole nitrogens is 1. The van der Waals surface area contributed by atoms with Crippen LogP contribution in [0.4, 0.5) is 5.95 Å². The number of nitrogens with zero attached hydrogens (tertiary/aromatic N) is 2. The van der Waals surface area contributed by atoms with Crippen molar-refractivity contribution in [3.63, 3.8) is 0 Å². The highest BCUT2D eigenvalue weighted by atomic mass is 16.3. The summed E-state index contributed by atoms with van der Waals surface area (Å²) in [6, 6.07) is 1.05. The Balaban J connectivity index is 2.93. The highest BCUT2D eigenvalue weighted by molar-refractivity contribution is 5.89. The molecule has 0 fully saturated rings. The SMILES string of the molecule is CN(C)c1nc2c(O)c(O)c(O)cc2c(=O)[nH]1. The van der Waals surface area contributed by atoms with Gasteiger partial charge in [0.05, 0.1) is 5.39 Å². The molecule has 0 aliphatic heterocycles. The zero-order chi connectivity index (χ0) is 12.7. The van der Waals surface area contributed by atoms with Crippen LogP contribution in [0.3, 0.4) is 0 Å². The Morgan fingerprint density at radius 1 is 1.24 bits per heavy atom. The predicted octanol–water partition coefficient (Wildman–Crippen LogP) is 0.106. The molecule has 0 bridgehead atoms. The van der Waals surface area contributed by atoms with Crippen molar-refractivity contribution < 1.29 is 15.3 Å². The first kappa shape index (κ1) is 11.1. The zero-order valence-electron chi connectivity index (χ0n) is 9.22. The number of nitrogens with one attached hydrogen (secondary N) is 1. The van der Waals surface area contributed by atoms with Crippen molar-refractivity contribution >= 4 is 16.9 Å². The van der Waals surface area contributed by atoms with Gasteiger partial charge in [0.1, 0.15) is 5.52 Å². The first-order chi connectivity index (χ1) is 7.91. The molecule has 0 atom stereocenters. The van der Waals surface area contributed by atoms with Crippen molar-refractivity contribution in [3.05, 3.63) is 16.4 Å². The Labute approximate surface area is 95.6 Å². The van der Waals surface area contributed by atoms with Crippen LogP contribution in [0.25, 0.3) is 10.9 Å². The summed E-state index contributed by atoms with van der Waals surface area (Å²) in [6.07, 6.45) is 0. The normalized spacial score (nSPS) is 10.7. The molecular formula is C10H11N3O4. The van der Waals surface area contributed by atoms with Crippen LogP contribution >= 0.6 is 0 Å². The van der Waals surface area contributed by atoms with Gasteiger partial charge in [-0.1, -0.05) is 0 Å². The zero-order valence-corrected chi connectivity index (χ0v) is 9.22. The molecule has 17 heavy (non-hydrogen) atoms. The molecule has 0 radical (unpaired) electrons. The second-order valence-corrected chi connectivity index (χ2v) is 3.77. The lowest BCUT2D eigenvalue weighted by Crippen LogP contribution is -2.18. The lowest BCUT2D eigenvalue weighted by molar-refractivity contribution is 0.371. The number of phenols is 3. The molecule has 4 N–H and O–H groups in total. The number of aromatic amines is 1. The van der Waals surface area contributed by atoms with Crippen LogP contribution < -0.4 is 10.5 Å². The van der Waals surface area contributed by atoms with E-state index in [0.717, 1.165) is 6.07 Å². The molecule has 90 valence electrons. The highest BCUT2D eigenvalue weighted by Crippen LogP contribution is 2.39. The summed E-state index contributed by atoms with van der Waals surface area (Å²) in [7, 11) is 3.34. The van der Waals surface area contributed by atoms with Crippen LogP contribution in [0.15, 0.2) is 10.9 Å². The molecule has 7 nitrogen and oxygen atoms in total. The van der Waals surface area contributed by atoms with E-state index in [2.05, 4.69) is 9.97 Å². The van der Waals surface area contributed by atoms with Crippen molar-refractivity contribution in [1.29, 1.82) is 0 Å². The standard InChI is InChI=1S/C10H11N3O4/c1-13(2)10-11-6-4(9(17)12-10)3-5(14)7(15)8(6)16/h3,14-16H,1-2H3,(H,11,12,17). The maximum absolute atomic E-state index is 11.7. The van der Waals surface area contributed by atoms with E-state index in [4.69, 9.17) is 0 Å². The van der Waals surface area contributed by atoms with Crippen LogP contribution in [0.1, 0.15) is 0 Å². The van der Waals surface area contributed by atoms with Crippen LogP contribution in [0, 0.1) is 0 Å². The van der Waals surface area contributed by atoms with Gasteiger partial charge in [0.2, 0.25) is 11.7 Å². The summed E-state index contributed by atoms with van der Waals surface area (Å²) in [5.74, 6) is -1.64. The monoisotopic (exact) mass is 237 g/mol. The number of aromatic hydroxyl groups is 3. The van der Waals surface area contributed by atoms with Crippen molar-refractivity contribution in [1.82, 2.24) is 9.97 Å². The van der Waals surface area contributed by atoms with E-state index in [-0.39, 0.29) is 16.9 Å². The molecule has 0 aliphatic rings. The van der Waals surface area contributed by atoms with Gasteiger partial charge in [-0.2, -0.15) is 0 Å². The Morgan fingerprint density at radius 2 is 1.88 bits per heavy atom. The fourth-order valence-electron chi connectivity index (χ4n) is 1.44. The number of fused-ring (bicyclic) bond motifs is 1. The van der Waals surface area contributed by atoms with Crippen LogP contribution in [-0.2, 0) is 0 Å². The lowest BCUT2D eigenvalue weighted by atomic mass is 10.2. The summed E-state index contributed by atoms with van der Waals surface area (Å²) in [4.78, 5) is 19.7. The summed E-state index contributed by atoms with van der Waals surface area (Å²) in [6.45, 7) is 0. The molecule has 0 unspecified atom stereocenters. The van der Waals surface area contributed by atoms with Crippen LogP contribution in [-0.4, -0.2) is 39.4 Å². The van der Waals surface area contributed by atoms with Gasteiger partial charge < -0.3 is 20.2 Å². The Kier molecular flexibility index (Phi) is 2.31. The van der Waals surface area contributed by atoms with Gasteiger partial charge in [0.25, 0.3) is 5.56 Å². The van der Waals surface area contributed by atoms with E-state index in [0.29, 0.717) is 0 Å². The first-order valence-electron chi connectivity index (χ1n) is 4.77. The minimum Gasteiger partial charge on any atom is -0.504 e. The van der Waals surface area contributed by atoms with Gasteiger partial charge in [0, 0.05) is 14.1 Å². The van der Waals surface area contributed by atoms with E-state index in [1.54, 1.807) is 19.0 Å². The van der Waals surface area contributed by atoms with Crippen LogP contribution in [0.5, 0.6) is 17.2 Å². The fraction of sp³-hybridized carbons (Fsp3) is 0.200. The molecule has 7 heteroatoms. The maximum Gasteiger partial charge on any atom is 0.260 e. The lowest BCUT2D eigenvalue weighted by Gasteiger charge is -2.12. The number of hydrogen-bond donors (Lipinski definition) is 4. The third-order valence-corrected chi connectivity index (χ3v) is 2.34. The average molecular weight is 237 g/mol. The second-order valence-electron chi connectivity index (χ2n) is 3.77. The quantitative estimate of drug-likeness (QED) is 0.524. The number of anilines is 1. The third kappa shape index (κ3) is 1.61. The number of aromatic nitrogens is 2. The molecule has 1 aromatic carbocycles. The summed E-state index contributed by atoms with van der Waals surface area (Å²) < 4.78 is 0. The van der Waals surface area contributed by atoms with Crippen molar-refractivity contribution in [2.75, 3.05) is 19.0 Å². The predicted molar refractivity (Wildman–Crippen MR) is 61.7 cm³/mol. The summed E-state index contributed by atoms with van der Waals surface area (Å²) >= 11 is 0. The van der Waals surface area contributed by atoms with Crippen LogP contribution in [0.2, 0.25) is 0 Å². The first-order valence-corrected chi connectivity index (χ1v) is 4.77. The second kappa shape index (κ2) is 3.55. The fourth-order valence-corrected chi connectivity index (χ4v) is 1.44. The molecule has 0 aliphatic carbocycles. The molecule has 0 saturated carbocycles. The molecule has 0 saturated heterocycles. The van der Waals surface area contributed by atoms with Gasteiger partial charge in [-0.05, 0) is 6.07 Å². The van der Waals surface area contributed by atoms with E-state index in [1.165, 1.54) is 0 Å². The third-order valence-electron chi connectivity index (χ3n) is 2.34. The Morgan fingerprint density at radius 3 is 2.47 bits per heavy atom. The largest absolute Gasteiger partial charge is 0.504 e. The van der Waals surface area contributed by atoms with E-state index < -0.39 is 22.8 Å². The van der Waals surface area contributed by atoms with Crippen molar-refractivity contribution in [2.45, 2.75) is 0 Å². The topological polar surface area (TPSA) is 110 Å². The maximum atomic E-state index is 11.7. The Bertz CT molecular complexity index is 648. The molecule has 0 amide bonds. The molecule has 1 heterocycles. The van der Waals surface area contributed by atoms with Gasteiger partial charge in [-0.25, -0.2) is 4.98 Å². The van der Waals surface area contributed by atoms with E-state index in [9.17, 15) is 20.1 Å². The van der Waals surface area contributed by atoms with E-state index >= 15 is 0 Å². The Hall–Kier alpha value is -2.44. The van der Waals surface area contributed by atoms with Gasteiger partial charge in [-0.15, -0.1) is 0 Å². The number of hydrogen-bond acceptors (Lipinski definition) is 6. The van der Waals surface area contributed by atoms with E-state index in [1.807, 2.05) is 0 Å². The van der Waals surface area contributed by atoms with Gasteiger partial charge in [-0.3, -0.25) is 9.78 Å². The number of benzene rings is 1. The molecule has 0 spiro atoms. The minimum atomic E-state index is -0.694.